The van der Waals surface area contributed by atoms with E-state index in [-0.39, 0.29) is 16.5 Å². The van der Waals surface area contributed by atoms with Gasteiger partial charge in [0.15, 0.2) is 0 Å². The Hall–Kier alpha value is -2.40. The van der Waals surface area contributed by atoms with Crippen molar-refractivity contribution in [2.45, 2.75) is 12.5 Å². The molecule has 0 unspecified atom stereocenters. The molecule has 2 aromatic carbocycles. The summed E-state index contributed by atoms with van der Waals surface area (Å²) in [6.45, 7) is 0.690. The lowest BCUT2D eigenvalue weighted by Crippen LogP contribution is -2.58. The van der Waals surface area contributed by atoms with E-state index in [1.165, 1.54) is 17.0 Å². The Kier molecular flexibility index (Phi) is 4.81. The average Bonchev–Trinajstić information content (AvgIpc) is 2.57. The van der Waals surface area contributed by atoms with Gasteiger partial charge in [-0.05, 0) is 23.8 Å². The Bertz CT molecular complexity index is 767. The standard InChI is InChI=1S/C18H16ClFN2O2/c19-13-6-7-14(15(20)11-13)18(24)22-9-8-21-17(23)16(22)10-12-4-2-1-3-5-12/h1-7,11,16H,8-10H2,(H,21,23)/t16-/m1/s1. The summed E-state index contributed by atoms with van der Waals surface area (Å²) in [5.74, 6) is -1.41. The molecule has 1 heterocycles. The number of benzene rings is 2. The third-order valence-corrected chi connectivity index (χ3v) is 4.26. The second-order valence-corrected chi connectivity index (χ2v) is 6.06. The fourth-order valence-electron chi connectivity index (χ4n) is 2.82. The number of hydrogen-bond acceptors (Lipinski definition) is 2. The van der Waals surface area contributed by atoms with E-state index in [2.05, 4.69) is 5.32 Å². The summed E-state index contributed by atoms with van der Waals surface area (Å²) in [6, 6.07) is 12.7. The molecule has 1 N–H and O–H groups in total. The van der Waals surface area contributed by atoms with Gasteiger partial charge in [0, 0.05) is 24.5 Å². The van der Waals surface area contributed by atoms with Crippen LogP contribution in [0.15, 0.2) is 48.5 Å². The third-order valence-electron chi connectivity index (χ3n) is 4.03. The second-order valence-electron chi connectivity index (χ2n) is 5.62. The lowest BCUT2D eigenvalue weighted by molar-refractivity contribution is -0.127. The van der Waals surface area contributed by atoms with Gasteiger partial charge in [-0.15, -0.1) is 0 Å². The minimum Gasteiger partial charge on any atom is -0.353 e. The normalized spacial score (nSPS) is 17.5. The molecule has 1 aliphatic heterocycles. The lowest BCUT2D eigenvalue weighted by Gasteiger charge is -2.35. The molecule has 3 rings (SSSR count). The predicted molar refractivity (Wildman–Crippen MR) is 89.4 cm³/mol. The van der Waals surface area contributed by atoms with Crippen LogP contribution in [0.3, 0.4) is 0 Å². The zero-order chi connectivity index (χ0) is 17.1. The summed E-state index contributed by atoms with van der Waals surface area (Å²) in [5.41, 5.74) is 0.862. The first kappa shape index (κ1) is 16.5. The number of hydrogen-bond donors (Lipinski definition) is 1. The molecular formula is C18H16ClFN2O2. The van der Waals surface area contributed by atoms with Crippen LogP contribution >= 0.6 is 11.6 Å². The highest BCUT2D eigenvalue weighted by molar-refractivity contribution is 6.30. The first-order chi connectivity index (χ1) is 11.6. The highest BCUT2D eigenvalue weighted by atomic mass is 35.5. The van der Waals surface area contributed by atoms with Crippen LogP contribution in [-0.4, -0.2) is 35.8 Å². The van der Waals surface area contributed by atoms with Crippen LogP contribution in [0.4, 0.5) is 4.39 Å². The number of nitrogens with zero attached hydrogens (tertiary/aromatic N) is 1. The SMILES string of the molecule is O=C1NCCN(C(=O)c2ccc(Cl)cc2F)[C@@H]1Cc1ccccc1. The Morgan fingerprint density at radius 2 is 2.00 bits per heavy atom. The van der Waals surface area contributed by atoms with Crippen LogP contribution in [0.25, 0.3) is 0 Å². The quantitative estimate of drug-likeness (QED) is 0.929. The van der Waals surface area contributed by atoms with E-state index in [4.69, 9.17) is 11.6 Å². The minimum absolute atomic E-state index is 0.0767. The zero-order valence-corrected chi connectivity index (χ0v) is 13.6. The van der Waals surface area contributed by atoms with Crippen molar-refractivity contribution in [2.75, 3.05) is 13.1 Å². The highest BCUT2D eigenvalue weighted by Crippen LogP contribution is 2.20. The molecule has 0 bridgehead atoms. The number of rotatable bonds is 3. The fourth-order valence-corrected chi connectivity index (χ4v) is 2.97. The molecule has 1 atom stereocenters. The van der Waals surface area contributed by atoms with Gasteiger partial charge >= 0.3 is 0 Å². The van der Waals surface area contributed by atoms with Gasteiger partial charge in [-0.2, -0.15) is 0 Å². The molecule has 2 amide bonds. The molecule has 0 aliphatic carbocycles. The molecule has 0 spiro atoms. The molecule has 0 aromatic heterocycles. The van der Waals surface area contributed by atoms with Gasteiger partial charge < -0.3 is 10.2 Å². The van der Waals surface area contributed by atoms with Gasteiger partial charge in [0.05, 0.1) is 5.56 Å². The van der Waals surface area contributed by atoms with E-state index in [9.17, 15) is 14.0 Å². The number of carbonyl (C=O) groups excluding carboxylic acids is 2. The summed E-state index contributed by atoms with van der Waals surface area (Å²) in [7, 11) is 0. The summed E-state index contributed by atoms with van der Waals surface area (Å²) < 4.78 is 14.1. The number of piperazine rings is 1. The molecule has 124 valence electrons. The second kappa shape index (κ2) is 7.01. The fraction of sp³-hybridized carbons (Fsp3) is 0.222. The Morgan fingerprint density at radius 1 is 1.25 bits per heavy atom. The maximum Gasteiger partial charge on any atom is 0.257 e. The van der Waals surface area contributed by atoms with Crippen molar-refractivity contribution in [1.29, 1.82) is 0 Å². The van der Waals surface area contributed by atoms with Crippen molar-refractivity contribution in [3.63, 3.8) is 0 Å². The first-order valence-electron chi connectivity index (χ1n) is 7.64. The summed E-state index contributed by atoms with van der Waals surface area (Å²) >= 11 is 5.74. The Morgan fingerprint density at radius 3 is 2.71 bits per heavy atom. The maximum absolute atomic E-state index is 14.1. The highest BCUT2D eigenvalue weighted by Gasteiger charge is 2.34. The van der Waals surface area contributed by atoms with Gasteiger partial charge in [-0.1, -0.05) is 41.9 Å². The van der Waals surface area contributed by atoms with E-state index in [0.29, 0.717) is 19.5 Å². The zero-order valence-electron chi connectivity index (χ0n) is 12.8. The van der Waals surface area contributed by atoms with Gasteiger partial charge in [0.1, 0.15) is 11.9 Å². The van der Waals surface area contributed by atoms with Crippen LogP contribution in [-0.2, 0) is 11.2 Å². The van der Waals surface area contributed by atoms with Crippen LogP contribution in [0.5, 0.6) is 0 Å². The molecule has 24 heavy (non-hydrogen) atoms. The number of carbonyl (C=O) groups is 2. The monoisotopic (exact) mass is 346 g/mol. The Labute approximate surface area is 144 Å². The van der Waals surface area contributed by atoms with Crippen molar-refractivity contribution in [1.82, 2.24) is 10.2 Å². The summed E-state index contributed by atoms with van der Waals surface area (Å²) in [6.07, 6.45) is 0.383. The van der Waals surface area contributed by atoms with Crippen molar-refractivity contribution < 1.29 is 14.0 Å². The van der Waals surface area contributed by atoms with Crippen molar-refractivity contribution in [2.24, 2.45) is 0 Å². The van der Waals surface area contributed by atoms with Crippen LogP contribution in [0, 0.1) is 5.82 Å². The van der Waals surface area contributed by atoms with Crippen LogP contribution < -0.4 is 5.32 Å². The predicted octanol–water partition coefficient (Wildman–Crippen LogP) is 2.66. The lowest BCUT2D eigenvalue weighted by atomic mass is 10.0. The van der Waals surface area contributed by atoms with Gasteiger partial charge in [0.25, 0.3) is 5.91 Å². The van der Waals surface area contributed by atoms with E-state index in [0.717, 1.165) is 11.6 Å². The molecule has 6 heteroatoms. The van der Waals surface area contributed by atoms with Gasteiger partial charge in [-0.3, -0.25) is 9.59 Å². The van der Waals surface area contributed by atoms with Crippen LogP contribution in [0.2, 0.25) is 5.02 Å². The van der Waals surface area contributed by atoms with E-state index >= 15 is 0 Å². The summed E-state index contributed by atoms with van der Waals surface area (Å²) in [4.78, 5) is 26.4. The average molecular weight is 347 g/mol. The van der Waals surface area contributed by atoms with E-state index < -0.39 is 17.8 Å². The first-order valence-corrected chi connectivity index (χ1v) is 8.01. The molecule has 0 saturated carbocycles. The molecule has 1 saturated heterocycles. The number of amides is 2. The third kappa shape index (κ3) is 3.41. The van der Waals surface area contributed by atoms with Crippen molar-refractivity contribution >= 4 is 23.4 Å². The number of nitrogens with one attached hydrogen (secondary N) is 1. The number of halogens is 2. The van der Waals surface area contributed by atoms with Crippen molar-refractivity contribution in [3.8, 4) is 0 Å². The van der Waals surface area contributed by atoms with E-state index in [1.807, 2.05) is 30.3 Å². The topological polar surface area (TPSA) is 49.4 Å². The molecule has 1 aliphatic rings. The maximum atomic E-state index is 14.1. The molecule has 1 fully saturated rings. The minimum atomic E-state index is -0.683. The van der Waals surface area contributed by atoms with Crippen molar-refractivity contribution in [3.05, 3.63) is 70.5 Å². The largest absolute Gasteiger partial charge is 0.353 e. The van der Waals surface area contributed by atoms with Gasteiger partial charge in [0.2, 0.25) is 5.91 Å². The molecule has 0 radical (unpaired) electrons. The Balaban J connectivity index is 1.88. The molecule has 2 aromatic rings. The van der Waals surface area contributed by atoms with Gasteiger partial charge in [-0.25, -0.2) is 4.39 Å². The smallest absolute Gasteiger partial charge is 0.257 e. The molecular weight excluding hydrogens is 331 g/mol. The van der Waals surface area contributed by atoms with Crippen LogP contribution in [0.1, 0.15) is 15.9 Å². The summed E-state index contributed by atoms with van der Waals surface area (Å²) in [5, 5.41) is 2.99. The van der Waals surface area contributed by atoms with E-state index in [1.54, 1.807) is 0 Å². The molecule has 4 nitrogen and oxygen atoms in total.